The number of hydrogen-bond donors (Lipinski definition) is 0. The van der Waals surface area contributed by atoms with Gasteiger partial charge in [-0.2, -0.15) is 0 Å². The highest BCUT2D eigenvalue weighted by Crippen LogP contribution is 2.52. The number of hydrogen-bond acceptors (Lipinski definition) is 1. The average molecular weight is 925 g/mol. The zero-order chi connectivity index (χ0) is 48.0. The fourth-order valence-electron chi connectivity index (χ4n) is 12.4. The molecule has 1 nitrogen and oxygen atoms in total. The summed E-state index contributed by atoms with van der Waals surface area (Å²) in [5.74, 6) is 0. The van der Waals surface area contributed by atoms with Gasteiger partial charge in [0.2, 0.25) is 0 Å². The van der Waals surface area contributed by atoms with Crippen molar-refractivity contribution in [2.24, 2.45) is 0 Å². The Morgan fingerprint density at radius 3 is 0.877 bits per heavy atom. The van der Waals surface area contributed by atoms with Crippen LogP contribution in [0.15, 0.2) is 271 Å². The van der Waals surface area contributed by atoms with Crippen LogP contribution in [-0.4, -0.2) is 0 Å². The van der Waals surface area contributed by atoms with Crippen molar-refractivity contribution in [2.45, 2.75) is 0 Å². The van der Waals surface area contributed by atoms with E-state index in [-0.39, 0.29) is 0 Å². The summed E-state index contributed by atoms with van der Waals surface area (Å²) in [5.41, 5.74) is 16.3. The lowest BCUT2D eigenvalue weighted by atomic mass is 9.82. The fourth-order valence-corrected chi connectivity index (χ4v) is 12.4. The predicted molar refractivity (Wildman–Crippen MR) is 311 cm³/mol. The van der Waals surface area contributed by atoms with E-state index in [1.165, 1.54) is 120 Å². The first kappa shape index (κ1) is 41.2. The molecule has 15 rings (SSSR count). The van der Waals surface area contributed by atoms with E-state index in [1.807, 2.05) is 0 Å². The van der Waals surface area contributed by atoms with Gasteiger partial charge in [0.1, 0.15) is 11.2 Å². The van der Waals surface area contributed by atoms with E-state index < -0.39 is 0 Å². The third-order valence-corrected chi connectivity index (χ3v) is 15.5. The molecule has 0 saturated carbocycles. The molecule has 1 aromatic heterocycles. The van der Waals surface area contributed by atoms with Crippen LogP contribution >= 0.6 is 0 Å². The van der Waals surface area contributed by atoms with E-state index in [1.54, 1.807) is 0 Å². The molecule has 0 unspecified atom stereocenters. The van der Waals surface area contributed by atoms with Crippen molar-refractivity contribution in [3.63, 3.8) is 0 Å². The molecular weight excluding hydrogens is 881 g/mol. The summed E-state index contributed by atoms with van der Waals surface area (Å²) in [5, 5.41) is 16.9. The zero-order valence-corrected chi connectivity index (χ0v) is 39.8. The molecule has 0 fully saturated rings. The summed E-state index contributed by atoms with van der Waals surface area (Å²) < 4.78 is 7.24. The highest BCUT2D eigenvalue weighted by atomic mass is 16.3. The molecule has 14 aromatic carbocycles. The first-order valence-electron chi connectivity index (χ1n) is 25.3. The topological polar surface area (TPSA) is 13.1 Å². The molecule has 0 spiro atoms. The number of rotatable bonds is 6. The van der Waals surface area contributed by atoms with Gasteiger partial charge in [0.25, 0.3) is 0 Å². The average Bonchev–Trinajstić information content (AvgIpc) is 3.86. The van der Waals surface area contributed by atoms with Gasteiger partial charge in [-0.1, -0.05) is 261 Å². The van der Waals surface area contributed by atoms with Crippen LogP contribution in [0.2, 0.25) is 0 Å². The molecule has 1 heteroatoms. The maximum atomic E-state index is 7.24. The van der Waals surface area contributed by atoms with Gasteiger partial charge in [0, 0.05) is 21.9 Å². The monoisotopic (exact) mass is 924 g/mol. The largest absolute Gasteiger partial charge is 0.455 e. The molecule has 0 aliphatic heterocycles. The fraction of sp³-hybridized carbons (Fsp3) is 0. The van der Waals surface area contributed by atoms with Crippen molar-refractivity contribution in [3.05, 3.63) is 267 Å². The number of benzene rings is 14. The lowest BCUT2D eigenvalue weighted by Crippen LogP contribution is -1.93. The molecule has 338 valence electrons. The van der Waals surface area contributed by atoms with E-state index >= 15 is 0 Å². The Bertz CT molecular complexity index is 4600. The summed E-state index contributed by atoms with van der Waals surface area (Å²) >= 11 is 0. The normalized spacial score (nSPS) is 11.8. The smallest absolute Gasteiger partial charge is 0.143 e. The molecular formula is C72H44O. The lowest BCUT2D eigenvalue weighted by molar-refractivity contribution is 0.670. The second-order valence-electron chi connectivity index (χ2n) is 19.3. The van der Waals surface area contributed by atoms with Gasteiger partial charge < -0.3 is 4.42 Å². The van der Waals surface area contributed by atoms with E-state index in [0.717, 1.165) is 33.1 Å². The standard InChI is InChI=1S/C72H44O/c1-3-21-45(22-4-1)47-41-43-61(51-27-9-7-25-49(47)51)67-53-29-11-15-33-57(53)69(58-34-16-12-30-54(58)67)63-37-20-40-66-71(63)65-39-19-38-64(72(65)73-66)70-59-35-17-13-31-55(59)68(56-32-14-18-36-60(56)70)62-44-42-48(46-23-5-2-6-24-46)50-26-8-10-28-52(50)62/h1-44H. The van der Waals surface area contributed by atoms with Crippen LogP contribution in [0.25, 0.3) is 153 Å². The van der Waals surface area contributed by atoms with Crippen LogP contribution in [-0.2, 0) is 0 Å². The highest BCUT2D eigenvalue weighted by molar-refractivity contribution is 6.30. The maximum absolute atomic E-state index is 7.24. The quantitative estimate of drug-likeness (QED) is 0.151. The first-order valence-corrected chi connectivity index (χ1v) is 25.3. The Morgan fingerprint density at radius 2 is 0.466 bits per heavy atom. The summed E-state index contributed by atoms with van der Waals surface area (Å²) in [6.07, 6.45) is 0. The summed E-state index contributed by atoms with van der Waals surface area (Å²) in [6, 6.07) is 97.8. The van der Waals surface area contributed by atoms with Gasteiger partial charge >= 0.3 is 0 Å². The highest BCUT2D eigenvalue weighted by Gasteiger charge is 2.25. The summed E-state index contributed by atoms with van der Waals surface area (Å²) in [6.45, 7) is 0. The predicted octanol–water partition coefficient (Wildman–Crippen LogP) is 20.5. The van der Waals surface area contributed by atoms with Crippen molar-refractivity contribution < 1.29 is 4.42 Å². The minimum Gasteiger partial charge on any atom is -0.455 e. The Balaban J connectivity index is 0.967. The number of fused-ring (bicyclic) bond motifs is 9. The Hall–Kier alpha value is -9.56. The number of furan rings is 1. The van der Waals surface area contributed by atoms with E-state index in [4.69, 9.17) is 4.42 Å². The van der Waals surface area contributed by atoms with Crippen LogP contribution in [0.5, 0.6) is 0 Å². The Labute approximate surface area is 422 Å². The van der Waals surface area contributed by atoms with E-state index in [2.05, 4.69) is 267 Å². The second-order valence-corrected chi connectivity index (χ2v) is 19.3. The SMILES string of the molecule is c1ccc(-c2ccc(-c3c4ccccc4c(-c4cccc5c4oc4cccc(-c6c7ccccc7c(-c7ccc(-c8ccccc8)c8ccccc78)c7ccccc67)c45)c4ccccc34)c3ccccc23)cc1. The molecule has 0 radical (unpaired) electrons. The maximum Gasteiger partial charge on any atom is 0.143 e. The van der Waals surface area contributed by atoms with Crippen LogP contribution in [0.3, 0.4) is 0 Å². The molecule has 15 aromatic rings. The molecule has 0 aliphatic carbocycles. The van der Waals surface area contributed by atoms with Crippen molar-refractivity contribution >= 4 is 86.6 Å². The summed E-state index contributed by atoms with van der Waals surface area (Å²) in [7, 11) is 0. The van der Waals surface area contributed by atoms with Crippen molar-refractivity contribution in [2.75, 3.05) is 0 Å². The van der Waals surface area contributed by atoms with Crippen LogP contribution in [0, 0.1) is 0 Å². The third-order valence-electron chi connectivity index (χ3n) is 15.5. The molecule has 0 bridgehead atoms. The molecule has 0 amide bonds. The van der Waals surface area contributed by atoms with Crippen molar-refractivity contribution in [1.82, 2.24) is 0 Å². The second kappa shape index (κ2) is 16.5. The van der Waals surface area contributed by atoms with Gasteiger partial charge in [0.05, 0.1) is 0 Å². The van der Waals surface area contributed by atoms with Gasteiger partial charge in [-0.05, 0) is 126 Å². The molecule has 0 atom stereocenters. The lowest BCUT2D eigenvalue weighted by Gasteiger charge is -2.20. The molecule has 0 aliphatic rings. The third kappa shape index (κ3) is 6.29. The Morgan fingerprint density at radius 1 is 0.178 bits per heavy atom. The molecule has 73 heavy (non-hydrogen) atoms. The summed E-state index contributed by atoms with van der Waals surface area (Å²) in [4.78, 5) is 0. The van der Waals surface area contributed by atoms with Crippen molar-refractivity contribution in [3.8, 4) is 66.8 Å². The van der Waals surface area contributed by atoms with Crippen LogP contribution in [0.1, 0.15) is 0 Å². The van der Waals surface area contributed by atoms with Gasteiger partial charge in [0.15, 0.2) is 0 Å². The minimum absolute atomic E-state index is 0.870. The zero-order valence-electron chi connectivity index (χ0n) is 39.8. The van der Waals surface area contributed by atoms with Crippen LogP contribution < -0.4 is 0 Å². The molecule has 1 heterocycles. The van der Waals surface area contributed by atoms with E-state index in [0.29, 0.717) is 0 Å². The van der Waals surface area contributed by atoms with Gasteiger partial charge in [-0.3, -0.25) is 0 Å². The van der Waals surface area contributed by atoms with E-state index in [9.17, 15) is 0 Å². The molecule has 0 saturated heterocycles. The number of para-hydroxylation sites is 1. The van der Waals surface area contributed by atoms with Crippen molar-refractivity contribution in [1.29, 1.82) is 0 Å². The Kier molecular flexibility index (Phi) is 9.33. The van der Waals surface area contributed by atoms with Crippen LogP contribution in [0.4, 0.5) is 0 Å². The van der Waals surface area contributed by atoms with Gasteiger partial charge in [-0.15, -0.1) is 0 Å². The van der Waals surface area contributed by atoms with Gasteiger partial charge in [-0.25, -0.2) is 0 Å². The minimum atomic E-state index is 0.870. The molecule has 0 N–H and O–H groups in total. The first-order chi connectivity index (χ1) is 36.3.